The fraction of sp³-hybridized carbons (Fsp3) is 0.846. The van der Waals surface area contributed by atoms with E-state index in [1.165, 1.54) is 0 Å². The molecule has 16 heavy (non-hydrogen) atoms. The summed E-state index contributed by atoms with van der Waals surface area (Å²) in [6.45, 7) is 19.9. The molecule has 0 aromatic carbocycles. The number of hydrogen-bond donors (Lipinski definition) is 0. The van der Waals surface area contributed by atoms with Crippen LogP contribution in [-0.4, -0.2) is 19.8 Å². The minimum absolute atomic E-state index is 0.181. The molecule has 0 rings (SSSR count). The van der Waals surface area contributed by atoms with Crippen molar-refractivity contribution in [1.82, 2.24) is 0 Å². The van der Waals surface area contributed by atoms with E-state index in [4.69, 9.17) is 4.43 Å². The monoisotopic (exact) mass is 306 g/mol. The van der Waals surface area contributed by atoms with E-state index < -0.39 is 8.32 Å². The molecule has 0 saturated heterocycles. The Kier molecular flexibility index (Phi) is 5.97. The van der Waals surface area contributed by atoms with Gasteiger partial charge in [0.25, 0.3) is 0 Å². The maximum absolute atomic E-state index is 6.43. The zero-order valence-electron chi connectivity index (χ0n) is 11.9. The van der Waals surface area contributed by atoms with E-state index in [1.807, 2.05) is 0 Å². The molecular weight excluding hydrogens is 280 g/mol. The molecular formula is C13H27BrOSi. The van der Waals surface area contributed by atoms with E-state index in [2.05, 4.69) is 70.2 Å². The summed E-state index contributed by atoms with van der Waals surface area (Å²) in [6, 6.07) is 0. The van der Waals surface area contributed by atoms with Gasteiger partial charge < -0.3 is 4.43 Å². The summed E-state index contributed by atoms with van der Waals surface area (Å²) in [7, 11) is -1.69. The summed E-state index contributed by atoms with van der Waals surface area (Å²) >= 11 is 3.48. The van der Waals surface area contributed by atoms with E-state index in [-0.39, 0.29) is 11.1 Å². The van der Waals surface area contributed by atoms with Crippen molar-refractivity contribution in [3.8, 4) is 0 Å². The molecule has 0 radical (unpaired) electrons. The maximum Gasteiger partial charge on any atom is 0.192 e. The van der Waals surface area contributed by atoms with Crippen molar-refractivity contribution < 1.29 is 4.43 Å². The molecule has 0 amide bonds. The summed E-state index contributed by atoms with van der Waals surface area (Å²) in [5.41, 5.74) is 1.15. The Labute approximate surface area is 111 Å². The van der Waals surface area contributed by atoms with Gasteiger partial charge in [0, 0.05) is 5.33 Å². The smallest absolute Gasteiger partial charge is 0.192 e. The number of hydrogen-bond acceptors (Lipinski definition) is 1. The average Bonchev–Trinajstić information content (AvgIpc) is 2.10. The first-order valence-corrected chi connectivity index (χ1v) is 9.97. The first-order chi connectivity index (χ1) is 7.03. The number of rotatable bonds is 5. The quantitative estimate of drug-likeness (QED) is 0.395. The molecule has 0 aliphatic carbocycles. The molecule has 0 spiro atoms. The highest BCUT2D eigenvalue weighted by Crippen LogP contribution is 2.39. The van der Waals surface area contributed by atoms with Crippen LogP contribution < -0.4 is 0 Å². The Bertz CT molecular complexity index is 241. The van der Waals surface area contributed by atoms with Gasteiger partial charge in [-0.05, 0) is 29.6 Å². The van der Waals surface area contributed by atoms with Crippen LogP contribution in [0.15, 0.2) is 12.2 Å². The first-order valence-electron chi connectivity index (χ1n) is 5.94. The van der Waals surface area contributed by atoms with Crippen molar-refractivity contribution >= 4 is 24.2 Å². The SMILES string of the molecule is C=C(CBr)C(O[Si](C)(C)C(C)(C)C)C(C)C. The fourth-order valence-electron chi connectivity index (χ4n) is 1.26. The Morgan fingerprint density at radius 2 is 1.75 bits per heavy atom. The van der Waals surface area contributed by atoms with Crippen LogP contribution in [0.1, 0.15) is 34.6 Å². The molecule has 0 N–H and O–H groups in total. The molecule has 0 aliphatic heterocycles. The summed E-state index contributed by atoms with van der Waals surface area (Å²) in [4.78, 5) is 0. The molecule has 1 unspecified atom stereocenters. The van der Waals surface area contributed by atoms with Gasteiger partial charge in [0.05, 0.1) is 6.10 Å². The van der Waals surface area contributed by atoms with Gasteiger partial charge in [-0.1, -0.05) is 57.1 Å². The molecule has 0 bridgehead atoms. The molecule has 0 fully saturated rings. The molecule has 0 heterocycles. The number of alkyl halides is 1. The van der Waals surface area contributed by atoms with Gasteiger partial charge in [0.1, 0.15) is 0 Å². The second-order valence-corrected chi connectivity index (χ2v) is 11.7. The van der Waals surface area contributed by atoms with Gasteiger partial charge in [-0.2, -0.15) is 0 Å². The van der Waals surface area contributed by atoms with Crippen LogP contribution in [0.2, 0.25) is 18.1 Å². The van der Waals surface area contributed by atoms with Crippen LogP contribution in [-0.2, 0) is 4.43 Å². The zero-order chi connectivity index (χ0) is 13.1. The topological polar surface area (TPSA) is 9.23 Å². The van der Waals surface area contributed by atoms with Crippen LogP contribution in [0.25, 0.3) is 0 Å². The Morgan fingerprint density at radius 1 is 1.31 bits per heavy atom. The first kappa shape index (κ1) is 16.4. The molecule has 1 nitrogen and oxygen atoms in total. The standard InChI is InChI=1S/C13H27BrOSi/c1-10(2)12(11(3)9-14)15-16(7,8)13(4,5)6/h10,12H,3,9H2,1-2,4-8H3. The number of halogens is 1. The van der Waals surface area contributed by atoms with Crippen LogP contribution in [0, 0.1) is 5.92 Å². The second kappa shape index (κ2) is 5.83. The third-order valence-corrected chi connectivity index (χ3v) is 8.58. The average molecular weight is 307 g/mol. The van der Waals surface area contributed by atoms with Crippen molar-refractivity contribution in [2.24, 2.45) is 5.92 Å². The normalized spacial score (nSPS) is 15.3. The predicted molar refractivity (Wildman–Crippen MR) is 79.8 cm³/mol. The van der Waals surface area contributed by atoms with E-state index in [0.717, 1.165) is 10.9 Å². The summed E-state index contributed by atoms with van der Waals surface area (Å²) in [6.07, 6.45) is 0.181. The van der Waals surface area contributed by atoms with Crippen LogP contribution in [0.4, 0.5) is 0 Å². The van der Waals surface area contributed by atoms with Crippen LogP contribution in [0.3, 0.4) is 0 Å². The molecule has 96 valence electrons. The van der Waals surface area contributed by atoms with Crippen molar-refractivity contribution in [3.63, 3.8) is 0 Å². The van der Waals surface area contributed by atoms with E-state index in [1.54, 1.807) is 0 Å². The highest BCUT2D eigenvalue weighted by atomic mass is 79.9. The van der Waals surface area contributed by atoms with Crippen molar-refractivity contribution in [1.29, 1.82) is 0 Å². The third kappa shape index (κ3) is 4.34. The van der Waals surface area contributed by atoms with Crippen LogP contribution >= 0.6 is 15.9 Å². The maximum atomic E-state index is 6.43. The highest BCUT2D eigenvalue weighted by Gasteiger charge is 2.40. The summed E-state index contributed by atoms with van der Waals surface area (Å²) in [5, 5.41) is 1.08. The van der Waals surface area contributed by atoms with Gasteiger partial charge in [-0.15, -0.1) is 0 Å². The highest BCUT2D eigenvalue weighted by molar-refractivity contribution is 9.09. The van der Waals surface area contributed by atoms with E-state index in [0.29, 0.717) is 5.92 Å². The lowest BCUT2D eigenvalue weighted by Gasteiger charge is -2.41. The largest absolute Gasteiger partial charge is 0.410 e. The molecule has 3 heteroatoms. The van der Waals surface area contributed by atoms with E-state index in [9.17, 15) is 0 Å². The lowest BCUT2D eigenvalue weighted by atomic mass is 10.0. The third-order valence-electron chi connectivity index (χ3n) is 3.41. The summed E-state index contributed by atoms with van der Waals surface area (Å²) < 4.78 is 6.43. The minimum Gasteiger partial charge on any atom is -0.410 e. The van der Waals surface area contributed by atoms with Crippen molar-refractivity contribution in [3.05, 3.63) is 12.2 Å². The Hall–Kier alpha value is 0.397. The van der Waals surface area contributed by atoms with Crippen LogP contribution in [0.5, 0.6) is 0 Å². The van der Waals surface area contributed by atoms with Crippen molar-refractivity contribution in [2.45, 2.75) is 58.9 Å². The lowest BCUT2D eigenvalue weighted by Crippen LogP contribution is -2.45. The fourth-order valence-corrected chi connectivity index (χ4v) is 3.01. The van der Waals surface area contributed by atoms with Gasteiger partial charge in [-0.3, -0.25) is 0 Å². The van der Waals surface area contributed by atoms with Gasteiger partial charge >= 0.3 is 0 Å². The van der Waals surface area contributed by atoms with Gasteiger partial charge in [0.2, 0.25) is 0 Å². The Morgan fingerprint density at radius 3 is 2.00 bits per heavy atom. The molecule has 1 atom stereocenters. The Balaban J connectivity index is 4.83. The zero-order valence-corrected chi connectivity index (χ0v) is 14.4. The van der Waals surface area contributed by atoms with Gasteiger partial charge in [-0.25, -0.2) is 0 Å². The van der Waals surface area contributed by atoms with Gasteiger partial charge in [0.15, 0.2) is 8.32 Å². The molecule has 0 aromatic rings. The second-order valence-electron chi connectivity index (χ2n) is 6.33. The minimum atomic E-state index is -1.69. The van der Waals surface area contributed by atoms with E-state index >= 15 is 0 Å². The molecule has 0 aliphatic rings. The van der Waals surface area contributed by atoms with Crippen molar-refractivity contribution in [2.75, 3.05) is 5.33 Å². The summed E-state index contributed by atoms with van der Waals surface area (Å²) in [5.74, 6) is 0.485. The molecule has 0 saturated carbocycles. The predicted octanol–water partition coefficient (Wildman–Crippen LogP) is 4.98. The molecule has 0 aromatic heterocycles. The lowest BCUT2D eigenvalue weighted by molar-refractivity contribution is 0.167.